The Kier molecular flexibility index (Phi) is 5.22. The summed E-state index contributed by atoms with van der Waals surface area (Å²) < 4.78 is 33.4. The average Bonchev–Trinajstić information content (AvgIpc) is 2.61. The van der Waals surface area contributed by atoms with Gasteiger partial charge in [0.25, 0.3) is 0 Å². The van der Waals surface area contributed by atoms with Crippen LogP contribution in [0, 0.1) is 11.6 Å². The van der Waals surface area contributed by atoms with Gasteiger partial charge in [-0.05, 0) is 39.0 Å². The van der Waals surface area contributed by atoms with Crippen LogP contribution in [-0.2, 0) is 9.53 Å². The van der Waals surface area contributed by atoms with Crippen molar-refractivity contribution in [2.45, 2.75) is 51.3 Å². The first kappa shape index (κ1) is 18.3. The molecule has 0 aliphatic carbocycles. The summed E-state index contributed by atoms with van der Waals surface area (Å²) in [6.45, 7) is 5.06. The molecule has 24 heavy (non-hydrogen) atoms. The van der Waals surface area contributed by atoms with Crippen LogP contribution in [0.5, 0.6) is 0 Å². The third-order valence-corrected chi connectivity index (χ3v) is 3.99. The fraction of sp³-hybridized carbons (Fsp3) is 0.529. The number of Topliss-reactive ketones (excluding diaryl/α,β-unsaturated/α-hetero) is 1. The summed E-state index contributed by atoms with van der Waals surface area (Å²) in [6.07, 6.45) is -2.29. The molecule has 1 heterocycles. The largest absolute Gasteiger partial charge is 0.465 e. The molecule has 0 bridgehead atoms. The number of nitrogens with zero attached hydrogens (tertiary/aromatic N) is 1. The van der Waals surface area contributed by atoms with Crippen molar-refractivity contribution < 1.29 is 28.2 Å². The lowest BCUT2D eigenvalue weighted by Crippen LogP contribution is -2.54. The predicted octanol–water partition coefficient (Wildman–Crippen LogP) is 3.53. The minimum Gasteiger partial charge on any atom is -0.465 e. The van der Waals surface area contributed by atoms with E-state index in [1.165, 1.54) is 0 Å². The van der Waals surface area contributed by atoms with Gasteiger partial charge in [-0.3, -0.25) is 9.69 Å². The van der Waals surface area contributed by atoms with E-state index in [1.807, 2.05) is 0 Å². The van der Waals surface area contributed by atoms with Gasteiger partial charge in [-0.2, -0.15) is 0 Å². The Morgan fingerprint density at radius 1 is 1.33 bits per heavy atom. The van der Waals surface area contributed by atoms with Crippen molar-refractivity contribution in [1.82, 2.24) is 4.90 Å². The van der Waals surface area contributed by atoms with Crippen molar-refractivity contribution in [3.8, 4) is 0 Å². The zero-order valence-electron chi connectivity index (χ0n) is 13.9. The van der Waals surface area contributed by atoms with Gasteiger partial charge in [-0.1, -0.05) is 0 Å². The van der Waals surface area contributed by atoms with Crippen LogP contribution in [0.4, 0.5) is 13.6 Å². The molecule has 0 spiro atoms. The number of amides is 1. The lowest BCUT2D eigenvalue weighted by atomic mass is 9.92. The Labute approximate surface area is 139 Å². The fourth-order valence-corrected chi connectivity index (χ4v) is 3.04. The quantitative estimate of drug-likeness (QED) is 0.893. The summed E-state index contributed by atoms with van der Waals surface area (Å²) in [4.78, 5) is 24.9. The molecule has 1 N–H and O–H groups in total. The first-order valence-corrected chi connectivity index (χ1v) is 7.72. The highest BCUT2D eigenvalue weighted by molar-refractivity contribution is 5.80. The van der Waals surface area contributed by atoms with E-state index in [9.17, 15) is 23.5 Å². The lowest BCUT2D eigenvalue weighted by molar-refractivity contribution is -0.119. The molecule has 1 aromatic carbocycles. The third kappa shape index (κ3) is 3.90. The Bertz CT molecular complexity index is 642. The van der Waals surface area contributed by atoms with E-state index in [1.54, 1.807) is 20.8 Å². The Hall–Kier alpha value is -2.02. The molecule has 1 fully saturated rings. The molecule has 2 atom stereocenters. The van der Waals surface area contributed by atoms with E-state index in [4.69, 9.17) is 4.74 Å². The Morgan fingerprint density at radius 2 is 2.00 bits per heavy atom. The topological polar surface area (TPSA) is 66.8 Å². The van der Waals surface area contributed by atoms with Crippen LogP contribution in [0.2, 0.25) is 0 Å². The molecule has 0 unspecified atom stereocenters. The summed E-state index contributed by atoms with van der Waals surface area (Å²) >= 11 is 0. The number of ether oxygens (including phenoxy) is 1. The number of carbonyl (C=O) groups is 2. The van der Waals surface area contributed by atoms with Crippen molar-refractivity contribution in [3.05, 3.63) is 35.4 Å². The summed E-state index contributed by atoms with van der Waals surface area (Å²) in [5.41, 5.74) is -0.919. The third-order valence-electron chi connectivity index (χ3n) is 3.99. The van der Waals surface area contributed by atoms with Gasteiger partial charge in [0.2, 0.25) is 0 Å². The van der Waals surface area contributed by atoms with E-state index in [0.29, 0.717) is 0 Å². The normalized spacial score (nSPS) is 22.1. The van der Waals surface area contributed by atoms with Gasteiger partial charge in [-0.15, -0.1) is 0 Å². The number of rotatable bonds is 2. The smallest absolute Gasteiger partial charge is 0.408 e. The summed E-state index contributed by atoms with van der Waals surface area (Å²) in [5, 5.41) is 9.62. The number of halogens is 2. The minimum atomic E-state index is -1.24. The summed E-state index contributed by atoms with van der Waals surface area (Å²) in [6, 6.07) is 2.01. The minimum absolute atomic E-state index is 0.0353. The van der Waals surface area contributed by atoms with Gasteiger partial charge < -0.3 is 9.84 Å². The van der Waals surface area contributed by atoms with Gasteiger partial charge in [0.1, 0.15) is 23.5 Å². The molecular formula is C17H21F2NO4. The predicted molar refractivity (Wildman–Crippen MR) is 82.7 cm³/mol. The highest BCUT2D eigenvalue weighted by Gasteiger charge is 2.42. The van der Waals surface area contributed by atoms with Crippen molar-refractivity contribution in [3.63, 3.8) is 0 Å². The van der Waals surface area contributed by atoms with E-state index in [2.05, 4.69) is 0 Å². The number of ketones is 1. The highest BCUT2D eigenvalue weighted by atomic mass is 19.1. The van der Waals surface area contributed by atoms with E-state index in [0.717, 1.165) is 23.1 Å². The van der Waals surface area contributed by atoms with Crippen LogP contribution in [0.1, 0.15) is 45.3 Å². The molecular weight excluding hydrogens is 320 g/mol. The van der Waals surface area contributed by atoms with Crippen LogP contribution in [0.15, 0.2) is 18.2 Å². The second-order valence-electron chi connectivity index (χ2n) is 6.84. The van der Waals surface area contributed by atoms with Gasteiger partial charge in [0.15, 0.2) is 0 Å². The van der Waals surface area contributed by atoms with Crippen LogP contribution in [-0.4, -0.2) is 40.1 Å². The molecule has 5 nitrogen and oxygen atoms in total. The molecule has 1 saturated heterocycles. The van der Waals surface area contributed by atoms with Gasteiger partial charge in [-0.25, -0.2) is 13.6 Å². The van der Waals surface area contributed by atoms with Crippen molar-refractivity contribution in [1.29, 1.82) is 0 Å². The van der Waals surface area contributed by atoms with Crippen LogP contribution in [0.3, 0.4) is 0 Å². The van der Waals surface area contributed by atoms with E-state index >= 15 is 0 Å². The summed E-state index contributed by atoms with van der Waals surface area (Å²) in [5.74, 6) is -1.52. The van der Waals surface area contributed by atoms with E-state index < -0.39 is 35.4 Å². The fourth-order valence-electron chi connectivity index (χ4n) is 3.04. The molecule has 7 heteroatoms. The first-order valence-electron chi connectivity index (χ1n) is 7.72. The van der Waals surface area contributed by atoms with Gasteiger partial charge in [0.05, 0.1) is 12.6 Å². The number of benzene rings is 1. The summed E-state index contributed by atoms with van der Waals surface area (Å²) in [7, 11) is 0. The number of carbonyl (C=O) groups excluding carboxylic acids is 1. The maximum atomic E-state index is 14.2. The molecule has 1 aliphatic heterocycles. The zero-order valence-corrected chi connectivity index (χ0v) is 13.9. The molecule has 0 aromatic heterocycles. The van der Waals surface area contributed by atoms with Gasteiger partial charge >= 0.3 is 6.09 Å². The Morgan fingerprint density at radius 3 is 2.58 bits per heavy atom. The Balaban J connectivity index is 2.54. The van der Waals surface area contributed by atoms with Gasteiger partial charge in [0, 0.05) is 23.9 Å². The lowest BCUT2D eigenvalue weighted by Gasteiger charge is -2.42. The standard InChI is InChI=1S/C17H21F2NO4/c1-17(2,3)20(16(22)23)14-9-11(21)6-7-24-15(14)12-8-10(18)4-5-13(12)19/h4-5,8,14-15H,6-7,9H2,1-3H3,(H,22,23)/t14-,15+/m0/s1. The molecule has 1 aromatic rings. The van der Waals surface area contributed by atoms with Crippen molar-refractivity contribution in [2.24, 2.45) is 0 Å². The molecule has 2 rings (SSSR count). The monoisotopic (exact) mass is 341 g/mol. The van der Waals surface area contributed by atoms with Crippen molar-refractivity contribution >= 4 is 11.9 Å². The maximum absolute atomic E-state index is 14.2. The second-order valence-corrected chi connectivity index (χ2v) is 6.84. The SMILES string of the molecule is CC(C)(C)N(C(=O)O)[C@H]1CC(=O)CCO[C@@H]1c1cc(F)ccc1F. The van der Waals surface area contributed by atoms with Crippen molar-refractivity contribution in [2.75, 3.05) is 6.61 Å². The zero-order chi connectivity index (χ0) is 18.1. The average molecular weight is 341 g/mol. The molecule has 0 saturated carbocycles. The maximum Gasteiger partial charge on any atom is 0.408 e. The van der Waals surface area contributed by atoms with Crippen LogP contribution < -0.4 is 0 Å². The number of hydrogen-bond donors (Lipinski definition) is 1. The number of carboxylic acid groups (broad SMARTS) is 1. The second kappa shape index (κ2) is 6.84. The van der Waals surface area contributed by atoms with Crippen LogP contribution >= 0.6 is 0 Å². The molecule has 0 radical (unpaired) electrons. The molecule has 132 valence electrons. The highest BCUT2D eigenvalue weighted by Crippen LogP contribution is 2.35. The molecule has 1 amide bonds. The van der Waals surface area contributed by atoms with Crippen LogP contribution in [0.25, 0.3) is 0 Å². The molecule has 1 aliphatic rings. The van der Waals surface area contributed by atoms with E-state index in [-0.39, 0.29) is 30.8 Å². The number of hydrogen-bond acceptors (Lipinski definition) is 3. The first-order chi connectivity index (χ1) is 11.1.